The Morgan fingerprint density at radius 3 is 1.35 bits per heavy atom. The second-order valence-electron chi connectivity index (χ2n) is 8.64. The van der Waals surface area contributed by atoms with Gasteiger partial charge in [0.2, 0.25) is 0 Å². The Morgan fingerprint density at radius 2 is 0.912 bits per heavy atom. The molecule has 6 nitrogen and oxygen atoms in total. The predicted molar refractivity (Wildman–Crippen MR) is 129 cm³/mol. The topological polar surface area (TPSA) is 74.8 Å². The molecule has 2 aliphatic rings. The lowest BCUT2D eigenvalue weighted by atomic mass is 9.85. The van der Waals surface area contributed by atoms with Crippen LogP contribution in [0.4, 0.5) is 11.4 Å². The van der Waals surface area contributed by atoms with Gasteiger partial charge in [0, 0.05) is 33.0 Å². The number of carbonyl (C=O) groups is 4. The molecule has 2 aliphatic heterocycles. The summed E-state index contributed by atoms with van der Waals surface area (Å²) < 4.78 is 0. The first-order chi connectivity index (χ1) is 16.4. The summed E-state index contributed by atoms with van der Waals surface area (Å²) in [5.74, 6) is -1.92. The third-order valence-corrected chi connectivity index (χ3v) is 6.45. The van der Waals surface area contributed by atoms with Gasteiger partial charge in [-0.1, -0.05) is 29.8 Å². The summed E-state index contributed by atoms with van der Waals surface area (Å²) in [7, 11) is 0. The normalized spacial score (nSPS) is 14.9. The summed E-state index contributed by atoms with van der Waals surface area (Å²) in [6.07, 6.45) is 0. The molecule has 0 saturated heterocycles. The van der Waals surface area contributed by atoms with Gasteiger partial charge in [0.1, 0.15) is 0 Å². The summed E-state index contributed by atoms with van der Waals surface area (Å²) in [5, 5.41) is 0.720. The van der Waals surface area contributed by atoms with Crippen molar-refractivity contribution in [2.24, 2.45) is 0 Å². The van der Waals surface area contributed by atoms with Gasteiger partial charge in [-0.25, -0.2) is 9.80 Å². The van der Waals surface area contributed by atoms with Crippen molar-refractivity contribution in [3.63, 3.8) is 0 Å². The molecular formula is C28H18N2O4. The van der Waals surface area contributed by atoms with Gasteiger partial charge < -0.3 is 0 Å². The Balaban J connectivity index is 1.56. The minimum Gasteiger partial charge on any atom is -0.268 e. The highest BCUT2D eigenvalue weighted by molar-refractivity contribution is 6.42. The molecule has 2 heterocycles. The third kappa shape index (κ3) is 2.62. The van der Waals surface area contributed by atoms with Crippen molar-refractivity contribution < 1.29 is 19.2 Å². The number of anilines is 2. The number of hydrogen-bond donors (Lipinski definition) is 0. The SMILES string of the molecule is Cc1ccc(N2C(=O)c3ccc4c5c(ccc(c35)C2=O)C(=O)N(c2cccc(C)c2)C4=O)cc1. The lowest BCUT2D eigenvalue weighted by Crippen LogP contribution is -2.43. The first-order valence-electron chi connectivity index (χ1n) is 10.9. The maximum Gasteiger partial charge on any atom is 0.265 e. The second kappa shape index (κ2) is 6.96. The zero-order valence-corrected chi connectivity index (χ0v) is 18.5. The monoisotopic (exact) mass is 446 g/mol. The Morgan fingerprint density at radius 1 is 0.471 bits per heavy atom. The Labute approximate surface area is 195 Å². The zero-order chi connectivity index (χ0) is 23.7. The zero-order valence-electron chi connectivity index (χ0n) is 18.5. The summed E-state index contributed by atoms with van der Waals surface area (Å²) in [4.78, 5) is 56.1. The summed E-state index contributed by atoms with van der Waals surface area (Å²) in [6.45, 7) is 3.81. The van der Waals surface area contributed by atoms with Crippen LogP contribution in [0.15, 0.2) is 72.8 Å². The average Bonchev–Trinajstić information content (AvgIpc) is 2.82. The van der Waals surface area contributed by atoms with E-state index in [0.29, 0.717) is 44.4 Å². The van der Waals surface area contributed by atoms with Crippen molar-refractivity contribution in [2.75, 3.05) is 9.80 Å². The van der Waals surface area contributed by atoms with Gasteiger partial charge in [-0.2, -0.15) is 0 Å². The van der Waals surface area contributed by atoms with Gasteiger partial charge in [0.15, 0.2) is 0 Å². The number of rotatable bonds is 2. The van der Waals surface area contributed by atoms with Crippen LogP contribution in [0.25, 0.3) is 10.8 Å². The van der Waals surface area contributed by atoms with Crippen molar-refractivity contribution in [1.29, 1.82) is 0 Å². The molecule has 0 aliphatic carbocycles. The second-order valence-corrected chi connectivity index (χ2v) is 8.64. The van der Waals surface area contributed by atoms with Crippen LogP contribution in [-0.2, 0) is 0 Å². The van der Waals surface area contributed by atoms with E-state index in [1.54, 1.807) is 54.6 Å². The van der Waals surface area contributed by atoms with E-state index in [1.807, 2.05) is 32.0 Å². The van der Waals surface area contributed by atoms with Gasteiger partial charge in [-0.05, 0) is 67.9 Å². The predicted octanol–water partition coefficient (Wildman–Crippen LogP) is 5.06. The molecule has 34 heavy (non-hydrogen) atoms. The minimum absolute atomic E-state index is 0.292. The van der Waals surface area contributed by atoms with E-state index in [0.717, 1.165) is 20.9 Å². The molecule has 0 fully saturated rings. The fraction of sp³-hybridized carbons (Fsp3) is 0.0714. The highest BCUT2D eigenvalue weighted by atomic mass is 16.2. The standard InChI is InChI=1S/C28H18N2O4/c1-15-6-8-17(9-7-15)29-25(31)19-10-12-21-24-22(13-11-20(23(19)24)26(29)32)28(34)30(27(21)33)18-5-3-4-16(2)14-18/h3-14H,1-2H3. The highest BCUT2D eigenvalue weighted by Gasteiger charge is 2.40. The molecule has 0 saturated carbocycles. The molecule has 4 aromatic rings. The van der Waals surface area contributed by atoms with E-state index < -0.39 is 23.6 Å². The lowest BCUT2D eigenvalue weighted by Gasteiger charge is -2.32. The molecule has 4 aromatic carbocycles. The molecule has 0 aromatic heterocycles. The third-order valence-electron chi connectivity index (χ3n) is 6.45. The van der Waals surface area contributed by atoms with Crippen LogP contribution in [0.2, 0.25) is 0 Å². The van der Waals surface area contributed by atoms with Gasteiger partial charge in [0.05, 0.1) is 11.4 Å². The number of benzene rings is 4. The van der Waals surface area contributed by atoms with Crippen LogP contribution in [0.5, 0.6) is 0 Å². The number of amides is 4. The van der Waals surface area contributed by atoms with Crippen LogP contribution in [0, 0.1) is 13.8 Å². The molecule has 164 valence electrons. The summed E-state index contributed by atoms with van der Waals surface area (Å²) in [6, 6.07) is 20.6. The molecule has 0 radical (unpaired) electrons. The number of carbonyl (C=O) groups excluding carboxylic acids is 4. The Bertz CT molecular complexity index is 1530. The van der Waals surface area contributed by atoms with Crippen molar-refractivity contribution in [3.05, 3.63) is 106 Å². The van der Waals surface area contributed by atoms with Crippen LogP contribution in [0.1, 0.15) is 52.6 Å². The van der Waals surface area contributed by atoms with Gasteiger partial charge in [-0.3, -0.25) is 19.2 Å². The number of hydrogen-bond acceptors (Lipinski definition) is 4. The van der Waals surface area contributed by atoms with Gasteiger partial charge >= 0.3 is 0 Å². The molecule has 0 spiro atoms. The summed E-state index contributed by atoms with van der Waals surface area (Å²) >= 11 is 0. The van der Waals surface area contributed by atoms with Crippen molar-refractivity contribution >= 4 is 45.8 Å². The maximum atomic E-state index is 13.5. The van der Waals surface area contributed by atoms with E-state index >= 15 is 0 Å². The molecule has 6 rings (SSSR count). The fourth-order valence-corrected chi connectivity index (χ4v) is 4.80. The smallest absolute Gasteiger partial charge is 0.265 e. The molecule has 0 atom stereocenters. The summed E-state index contributed by atoms with van der Waals surface area (Å²) in [5.41, 5.74) is 4.04. The molecule has 0 N–H and O–H groups in total. The highest BCUT2D eigenvalue weighted by Crippen LogP contribution is 2.40. The van der Waals surface area contributed by atoms with Crippen LogP contribution < -0.4 is 9.80 Å². The van der Waals surface area contributed by atoms with Gasteiger partial charge in [-0.15, -0.1) is 0 Å². The quantitative estimate of drug-likeness (QED) is 0.404. The van der Waals surface area contributed by atoms with E-state index in [2.05, 4.69) is 0 Å². The van der Waals surface area contributed by atoms with E-state index in [9.17, 15) is 19.2 Å². The lowest BCUT2D eigenvalue weighted by molar-refractivity contribution is 0.0873. The molecule has 0 bridgehead atoms. The van der Waals surface area contributed by atoms with E-state index in [1.165, 1.54) is 0 Å². The minimum atomic E-state index is -0.480. The number of aryl methyl sites for hydroxylation is 2. The Kier molecular flexibility index (Phi) is 4.10. The average molecular weight is 446 g/mol. The fourth-order valence-electron chi connectivity index (χ4n) is 4.80. The first-order valence-corrected chi connectivity index (χ1v) is 10.9. The van der Waals surface area contributed by atoms with Gasteiger partial charge in [0.25, 0.3) is 23.6 Å². The van der Waals surface area contributed by atoms with E-state index in [-0.39, 0.29) is 0 Å². The van der Waals surface area contributed by atoms with E-state index in [4.69, 9.17) is 0 Å². The maximum absolute atomic E-state index is 13.5. The molecule has 6 heteroatoms. The Hall–Kier alpha value is -4.58. The first kappa shape index (κ1) is 20.1. The van der Waals surface area contributed by atoms with Crippen molar-refractivity contribution in [1.82, 2.24) is 0 Å². The van der Waals surface area contributed by atoms with Crippen LogP contribution in [-0.4, -0.2) is 23.6 Å². The largest absolute Gasteiger partial charge is 0.268 e. The molecular weight excluding hydrogens is 428 g/mol. The van der Waals surface area contributed by atoms with Crippen molar-refractivity contribution in [3.8, 4) is 0 Å². The molecule has 4 amide bonds. The van der Waals surface area contributed by atoms with Crippen LogP contribution >= 0.6 is 0 Å². The number of imide groups is 2. The van der Waals surface area contributed by atoms with Crippen LogP contribution in [0.3, 0.4) is 0 Å². The molecule has 0 unspecified atom stereocenters. The van der Waals surface area contributed by atoms with Crippen molar-refractivity contribution in [2.45, 2.75) is 13.8 Å². The number of nitrogens with zero attached hydrogens (tertiary/aromatic N) is 2.